The summed E-state index contributed by atoms with van der Waals surface area (Å²) in [6.07, 6.45) is 1.20. The van der Waals surface area contributed by atoms with Gasteiger partial charge in [0, 0.05) is 27.5 Å². The van der Waals surface area contributed by atoms with E-state index in [0.29, 0.717) is 12.0 Å². The van der Waals surface area contributed by atoms with Crippen LogP contribution >= 0.6 is 22.9 Å². The molecule has 0 saturated heterocycles. The van der Waals surface area contributed by atoms with Gasteiger partial charge < -0.3 is 5.32 Å². The molecule has 2 atom stereocenters. The van der Waals surface area contributed by atoms with Gasteiger partial charge in [-0.05, 0) is 18.9 Å². The Morgan fingerprint density at radius 1 is 1.28 bits per heavy atom. The fourth-order valence-electron chi connectivity index (χ4n) is 1.99. The molecule has 0 amide bonds. The van der Waals surface area contributed by atoms with Crippen molar-refractivity contribution >= 4 is 33.0 Å². The van der Waals surface area contributed by atoms with Gasteiger partial charge in [-0.15, -0.1) is 11.3 Å². The highest BCUT2D eigenvalue weighted by Gasteiger charge is 2.13. The molecule has 18 heavy (non-hydrogen) atoms. The van der Waals surface area contributed by atoms with Crippen LogP contribution in [0.3, 0.4) is 0 Å². The molecular weight excluding hydrogens is 262 g/mol. The third-order valence-electron chi connectivity index (χ3n) is 3.68. The summed E-state index contributed by atoms with van der Waals surface area (Å²) in [5.41, 5.74) is 0. The van der Waals surface area contributed by atoms with Crippen molar-refractivity contribution in [2.75, 3.05) is 0 Å². The average molecular weight is 282 g/mol. The Balaban J connectivity index is 2.10. The summed E-state index contributed by atoms with van der Waals surface area (Å²) >= 11 is 8.22. The number of benzene rings is 1. The molecule has 0 aliphatic rings. The first kappa shape index (κ1) is 13.9. The van der Waals surface area contributed by atoms with Crippen LogP contribution < -0.4 is 5.32 Å². The SMILES string of the molecule is CCC(C)C(C)NCc1sc2ccccc2c1Cl. The van der Waals surface area contributed by atoms with Gasteiger partial charge >= 0.3 is 0 Å². The Bertz CT molecular complexity index is 520. The van der Waals surface area contributed by atoms with Crippen LogP contribution in [0.1, 0.15) is 32.1 Å². The molecule has 0 saturated carbocycles. The van der Waals surface area contributed by atoms with E-state index >= 15 is 0 Å². The second-order valence-electron chi connectivity index (χ2n) is 4.89. The summed E-state index contributed by atoms with van der Waals surface area (Å²) in [7, 11) is 0. The minimum Gasteiger partial charge on any atom is -0.309 e. The molecule has 2 unspecified atom stereocenters. The zero-order valence-electron chi connectivity index (χ0n) is 11.2. The second-order valence-corrected chi connectivity index (χ2v) is 6.41. The van der Waals surface area contributed by atoms with Crippen molar-refractivity contribution in [3.05, 3.63) is 34.2 Å². The van der Waals surface area contributed by atoms with Crippen LogP contribution in [0.2, 0.25) is 5.02 Å². The van der Waals surface area contributed by atoms with Gasteiger partial charge in [-0.2, -0.15) is 0 Å². The second kappa shape index (κ2) is 6.05. The summed E-state index contributed by atoms with van der Waals surface area (Å²) in [5, 5.41) is 5.67. The van der Waals surface area contributed by atoms with E-state index in [2.05, 4.69) is 44.3 Å². The lowest BCUT2D eigenvalue weighted by atomic mass is 10.0. The van der Waals surface area contributed by atoms with E-state index in [1.807, 2.05) is 6.07 Å². The van der Waals surface area contributed by atoms with Crippen molar-refractivity contribution in [3.63, 3.8) is 0 Å². The Kier molecular flexibility index (Phi) is 4.66. The molecule has 1 heterocycles. The van der Waals surface area contributed by atoms with Crippen molar-refractivity contribution in [1.82, 2.24) is 5.32 Å². The fraction of sp³-hybridized carbons (Fsp3) is 0.467. The van der Waals surface area contributed by atoms with Gasteiger partial charge in [-0.25, -0.2) is 0 Å². The molecule has 1 aromatic carbocycles. The molecule has 0 spiro atoms. The quantitative estimate of drug-likeness (QED) is 0.806. The Morgan fingerprint density at radius 2 is 2.00 bits per heavy atom. The van der Waals surface area contributed by atoms with Gasteiger partial charge in [0.1, 0.15) is 0 Å². The Labute approximate surface area is 118 Å². The van der Waals surface area contributed by atoms with Gasteiger partial charge in [-0.1, -0.05) is 50.1 Å². The van der Waals surface area contributed by atoms with Crippen LogP contribution in [0, 0.1) is 5.92 Å². The highest BCUT2D eigenvalue weighted by molar-refractivity contribution is 7.19. The number of halogens is 1. The minimum atomic E-state index is 0.524. The molecule has 98 valence electrons. The number of nitrogens with one attached hydrogen (secondary N) is 1. The molecule has 2 aromatic rings. The van der Waals surface area contributed by atoms with E-state index in [1.54, 1.807) is 11.3 Å². The van der Waals surface area contributed by atoms with Crippen LogP contribution in [-0.2, 0) is 6.54 Å². The largest absolute Gasteiger partial charge is 0.309 e. The Hall–Kier alpha value is -0.570. The van der Waals surface area contributed by atoms with Crippen LogP contribution in [-0.4, -0.2) is 6.04 Å². The third-order valence-corrected chi connectivity index (χ3v) is 5.40. The third kappa shape index (κ3) is 2.87. The van der Waals surface area contributed by atoms with Crippen molar-refractivity contribution in [3.8, 4) is 0 Å². The molecule has 0 bridgehead atoms. The summed E-state index contributed by atoms with van der Waals surface area (Å²) in [6.45, 7) is 7.62. The van der Waals surface area contributed by atoms with Crippen LogP contribution in [0.15, 0.2) is 24.3 Å². The zero-order chi connectivity index (χ0) is 13.1. The highest BCUT2D eigenvalue weighted by atomic mass is 35.5. The van der Waals surface area contributed by atoms with Crippen LogP contribution in [0.4, 0.5) is 0 Å². The fourth-order valence-corrected chi connectivity index (χ4v) is 3.44. The average Bonchev–Trinajstić information content (AvgIpc) is 2.72. The van der Waals surface area contributed by atoms with E-state index in [0.717, 1.165) is 11.6 Å². The summed E-state index contributed by atoms with van der Waals surface area (Å²) < 4.78 is 1.27. The minimum absolute atomic E-state index is 0.524. The maximum Gasteiger partial charge on any atom is 0.0636 e. The zero-order valence-corrected chi connectivity index (χ0v) is 12.7. The lowest BCUT2D eigenvalue weighted by Gasteiger charge is -2.19. The molecule has 2 rings (SSSR count). The van der Waals surface area contributed by atoms with Gasteiger partial charge in [0.2, 0.25) is 0 Å². The molecule has 1 N–H and O–H groups in total. The molecule has 1 aromatic heterocycles. The van der Waals surface area contributed by atoms with Gasteiger partial charge in [0.15, 0.2) is 0 Å². The summed E-state index contributed by atoms with van der Waals surface area (Å²) in [4.78, 5) is 1.24. The van der Waals surface area contributed by atoms with E-state index in [-0.39, 0.29) is 0 Å². The molecule has 0 aliphatic carbocycles. The molecular formula is C15H20ClNS. The lowest BCUT2D eigenvalue weighted by molar-refractivity contribution is 0.391. The standard InChI is InChI=1S/C15H20ClNS/c1-4-10(2)11(3)17-9-14-15(16)12-7-5-6-8-13(12)18-14/h5-8,10-11,17H,4,9H2,1-3H3. The number of hydrogen-bond donors (Lipinski definition) is 1. The first-order valence-corrected chi connectivity index (χ1v) is 7.72. The first-order chi connectivity index (χ1) is 8.63. The smallest absolute Gasteiger partial charge is 0.0636 e. The lowest BCUT2D eigenvalue weighted by Crippen LogP contribution is -2.31. The molecule has 0 radical (unpaired) electrons. The number of thiophene rings is 1. The van der Waals surface area contributed by atoms with Gasteiger partial charge in [-0.3, -0.25) is 0 Å². The van der Waals surface area contributed by atoms with Gasteiger partial charge in [0.25, 0.3) is 0 Å². The van der Waals surface area contributed by atoms with E-state index in [9.17, 15) is 0 Å². The predicted octanol–water partition coefficient (Wildman–Crippen LogP) is 5.08. The topological polar surface area (TPSA) is 12.0 Å². The van der Waals surface area contributed by atoms with E-state index in [1.165, 1.54) is 21.4 Å². The van der Waals surface area contributed by atoms with Crippen molar-refractivity contribution in [1.29, 1.82) is 0 Å². The number of fused-ring (bicyclic) bond motifs is 1. The van der Waals surface area contributed by atoms with E-state index < -0.39 is 0 Å². The van der Waals surface area contributed by atoms with Crippen molar-refractivity contribution in [2.45, 2.75) is 39.8 Å². The Morgan fingerprint density at radius 3 is 2.67 bits per heavy atom. The van der Waals surface area contributed by atoms with Crippen molar-refractivity contribution in [2.24, 2.45) is 5.92 Å². The molecule has 0 fully saturated rings. The predicted molar refractivity (Wildman–Crippen MR) is 82.6 cm³/mol. The normalized spacial score (nSPS) is 14.9. The monoisotopic (exact) mass is 281 g/mol. The van der Waals surface area contributed by atoms with Crippen LogP contribution in [0.5, 0.6) is 0 Å². The molecule has 0 aliphatic heterocycles. The maximum atomic E-state index is 6.42. The molecule has 1 nitrogen and oxygen atoms in total. The van der Waals surface area contributed by atoms with Crippen molar-refractivity contribution < 1.29 is 0 Å². The number of rotatable bonds is 5. The molecule has 3 heteroatoms. The first-order valence-electron chi connectivity index (χ1n) is 6.52. The van der Waals surface area contributed by atoms with E-state index in [4.69, 9.17) is 11.6 Å². The highest BCUT2D eigenvalue weighted by Crippen LogP contribution is 2.35. The summed E-state index contributed by atoms with van der Waals surface area (Å²) in [5.74, 6) is 0.693. The maximum absolute atomic E-state index is 6.42. The summed E-state index contributed by atoms with van der Waals surface area (Å²) in [6, 6.07) is 8.86. The van der Waals surface area contributed by atoms with Crippen LogP contribution in [0.25, 0.3) is 10.1 Å². The van der Waals surface area contributed by atoms with Gasteiger partial charge in [0.05, 0.1) is 5.02 Å². The number of hydrogen-bond acceptors (Lipinski definition) is 2.